The van der Waals surface area contributed by atoms with Crippen LogP contribution in [0.1, 0.15) is 23.5 Å². The number of nitrogens with zero attached hydrogens (tertiary/aromatic N) is 2. The van der Waals surface area contributed by atoms with Crippen molar-refractivity contribution in [3.05, 3.63) is 103 Å². The lowest BCUT2D eigenvalue weighted by atomic mass is 10.0. The molecule has 2 atom stereocenters. The first kappa shape index (κ1) is 22.1. The van der Waals surface area contributed by atoms with Crippen molar-refractivity contribution in [2.45, 2.75) is 12.1 Å². The Morgan fingerprint density at radius 1 is 0.971 bits per heavy atom. The summed E-state index contributed by atoms with van der Waals surface area (Å²) in [5.74, 6) is 1.50. The van der Waals surface area contributed by atoms with Gasteiger partial charge in [0.2, 0.25) is 10.0 Å². The van der Waals surface area contributed by atoms with Crippen molar-refractivity contribution in [1.29, 1.82) is 0 Å². The van der Waals surface area contributed by atoms with Crippen molar-refractivity contribution in [1.82, 2.24) is 10.3 Å². The van der Waals surface area contributed by atoms with Gasteiger partial charge < -0.3 is 14.6 Å². The van der Waals surface area contributed by atoms with E-state index in [1.54, 1.807) is 18.3 Å². The van der Waals surface area contributed by atoms with Gasteiger partial charge in [-0.2, -0.15) is 0 Å². The number of sulfonamides is 1. The van der Waals surface area contributed by atoms with E-state index in [1.165, 1.54) is 0 Å². The zero-order valence-electron chi connectivity index (χ0n) is 18.3. The Morgan fingerprint density at radius 2 is 1.71 bits per heavy atom. The maximum absolute atomic E-state index is 11.6. The van der Waals surface area contributed by atoms with Gasteiger partial charge in [0.1, 0.15) is 17.6 Å². The van der Waals surface area contributed by atoms with Crippen molar-refractivity contribution in [2.24, 2.45) is 0 Å². The van der Waals surface area contributed by atoms with Gasteiger partial charge in [-0.1, -0.05) is 36.4 Å². The molecule has 3 heterocycles. The number of pyridine rings is 1. The average Bonchev–Trinajstić information content (AvgIpc) is 3.44. The molecule has 1 aliphatic heterocycles. The Labute approximate surface area is 203 Å². The molecule has 0 spiro atoms. The van der Waals surface area contributed by atoms with Crippen LogP contribution in [0.4, 0.5) is 11.4 Å². The number of benzene rings is 2. The number of hydrogen-bond acceptors (Lipinski definition) is 5. The van der Waals surface area contributed by atoms with E-state index < -0.39 is 10.0 Å². The highest BCUT2D eigenvalue weighted by Gasteiger charge is 2.42. The Morgan fingerprint density at radius 3 is 2.38 bits per heavy atom. The predicted molar refractivity (Wildman–Crippen MR) is 137 cm³/mol. The third kappa shape index (κ3) is 4.52. The fraction of sp³-hybridized carbons (Fsp3) is 0.120. The van der Waals surface area contributed by atoms with Gasteiger partial charge in [0.25, 0.3) is 0 Å². The number of hydrogen-bond donors (Lipinski definition) is 2. The van der Waals surface area contributed by atoms with E-state index in [0.29, 0.717) is 10.8 Å². The number of nitrogens with one attached hydrogen (secondary N) is 2. The average molecular weight is 491 g/mol. The second-order valence-electron chi connectivity index (χ2n) is 7.99. The SMILES string of the molecule is CS(=O)(=O)Nc1ccc(N2C(=S)N[C@@H](c3ccccn3)[C@@H]2c2ccc(-c3ccccc3)o2)cc1. The maximum atomic E-state index is 11.6. The molecule has 0 saturated carbocycles. The third-order valence-corrected chi connectivity index (χ3v) is 6.44. The van der Waals surface area contributed by atoms with Crippen molar-refractivity contribution in [3.8, 4) is 11.3 Å². The highest BCUT2D eigenvalue weighted by Crippen LogP contribution is 2.43. The lowest BCUT2D eigenvalue weighted by Gasteiger charge is -2.26. The van der Waals surface area contributed by atoms with Gasteiger partial charge in [0.05, 0.1) is 18.0 Å². The van der Waals surface area contributed by atoms with Crippen LogP contribution in [0.25, 0.3) is 11.3 Å². The molecule has 0 aliphatic carbocycles. The van der Waals surface area contributed by atoms with E-state index in [4.69, 9.17) is 16.6 Å². The van der Waals surface area contributed by atoms with E-state index in [2.05, 4.69) is 15.0 Å². The van der Waals surface area contributed by atoms with E-state index in [9.17, 15) is 8.42 Å². The van der Waals surface area contributed by atoms with Gasteiger partial charge in [-0.15, -0.1) is 0 Å². The molecule has 2 N–H and O–H groups in total. The number of rotatable bonds is 6. The highest BCUT2D eigenvalue weighted by molar-refractivity contribution is 7.92. The molecule has 0 radical (unpaired) electrons. The molecule has 5 rings (SSSR count). The van der Waals surface area contributed by atoms with E-state index in [1.807, 2.05) is 77.7 Å². The number of furan rings is 1. The van der Waals surface area contributed by atoms with Crippen LogP contribution in [0.2, 0.25) is 0 Å². The fourth-order valence-corrected chi connectivity index (χ4v) is 5.01. The summed E-state index contributed by atoms with van der Waals surface area (Å²) in [6.07, 6.45) is 2.87. The van der Waals surface area contributed by atoms with Crippen LogP contribution in [0.3, 0.4) is 0 Å². The van der Waals surface area contributed by atoms with Gasteiger partial charge in [-0.05, 0) is 60.7 Å². The van der Waals surface area contributed by atoms with Crippen LogP contribution in [0.5, 0.6) is 0 Å². The summed E-state index contributed by atoms with van der Waals surface area (Å²) in [6.45, 7) is 0. The van der Waals surface area contributed by atoms with E-state index in [-0.39, 0.29) is 12.1 Å². The topological polar surface area (TPSA) is 87.5 Å². The van der Waals surface area contributed by atoms with Crippen LogP contribution in [0, 0.1) is 0 Å². The van der Waals surface area contributed by atoms with Crippen LogP contribution < -0.4 is 14.9 Å². The second-order valence-corrected chi connectivity index (χ2v) is 10.1. The molecule has 9 heteroatoms. The molecule has 1 saturated heterocycles. The monoisotopic (exact) mass is 490 g/mol. The Hall–Kier alpha value is -3.69. The van der Waals surface area contributed by atoms with E-state index in [0.717, 1.165) is 34.7 Å². The predicted octanol–water partition coefficient (Wildman–Crippen LogP) is 4.89. The van der Waals surface area contributed by atoms with Gasteiger partial charge in [0.15, 0.2) is 5.11 Å². The van der Waals surface area contributed by atoms with Crippen molar-refractivity contribution < 1.29 is 12.8 Å². The van der Waals surface area contributed by atoms with Crippen LogP contribution in [0.15, 0.2) is 95.5 Å². The van der Waals surface area contributed by atoms with Crippen LogP contribution in [-0.4, -0.2) is 24.8 Å². The molecule has 7 nitrogen and oxygen atoms in total. The lowest BCUT2D eigenvalue weighted by molar-refractivity contribution is 0.439. The zero-order valence-corrected chi connectivity index (χ0v) is 19.9. The smallest absolute Gasteiger partial charge is 0.229 e. The van der Waals surface area contributed by atoms with Crippen LogP contribution in [-0.2, 0) is 10.0 Å². The largest absolute Gasteiger partial charge is 0.459 e. The molecule has 172 valence electrons. The first-order valence-corrected chi connectivity index (χ1v) is 12.9. The Kier molecular flexibility index (Phi) is 5.80. The first-order chi connectivity index (χ1) is 16.4. The van der Waals surface area contributed by atoms with Gasteiger partial charge in [0, 0.05) is 23.1 Å². The highest BCUT2D eigenvalue weighted by atomic mass is 32.2. The summed E-state index contributed by atoms with van der Waals surface area (Å²) < 4.78 is 32.0. The Bertz CT molecular complexity index is 1410. The van der Waals surface area contributed by atoms with Crippen molar-refractivity contribution in [2.75, 3.05) is 15.9 Å². The summed E-state index contributed by atoms with van der Waals surface area (Å²) in [7, 11) is -3.37. The number of thiocarbonyl (C=S) groups is 1. The molecule has 0 bridgehead atoms. The van der Waals surface area contributed by atoms with Crippen molar-refractivity contribution in [3.63, 3.8) is 0 Å². The molecule has 0 unspecified atom stereocenters. The number of aromatic nitrogens is 1. The summed E-state index contributed by atoms with van der Waals surface area (Å²) in [5, 5.41) is 3.92. The molecule has 1 aliphatic rings. The fourth-order valence-electron chi connectivity index (χ4n) is 4.10. The minimum Gasteiger partial charge on any atom is -0.459 e. The lowest BCUT2D eigenvalue weighted by Crippen LogP contribution is -2.29. The van der Waals surface area contributed by atoms with Gasteiger partial charge >= 0.3 is 0 Å². The van der Waals surface area contributed by atoms with Gasteiger partial charge in [-0.3, -0.25) is 9.71 Å². The summed E-state index contributed by atoms with van der Waals surface area (Å²) >= 11 is 5.73. The molecule has 0 amide bonds. The minimum absolute atomic E-state index is 0.239. The molecular weight excluding hydrogens is 468 g/mol. The molecule has 2 aromatic heterocycles. The van der Waals surface area contributed by atoms with Crippen LogP contribution >= 0.6 is 12.2 Å². The van der Waals surface area contributed by atoms with Crippen molar-refractivity contribution >= 4 is 38.7 Å². The standard InChI is InChI=1S/C25H22N4O3S2/c1-34(30,31)28-18-10-12-19(13-11-18)29-24(23(27-25(29)33)20-9-5-6-16-26-20)22-15-14-21(32-22)17-7-3-2-4-8-17/h2-16,23-24,28H,1H3,(H,27,33)/t23-,24-/m0/s1. The summed E-state index contributed by atoms with van der Waals surface area (Å²) in [4.78, 5) is 6.53. The molecular formula is C25H22N4O3S2. The Balaban J connectivity index is 1.55. The maximum Gasteiger partial charge on any atom is 0.229 e. The summed E-state index contributed by atoms with van der Waals surface area (Å²) in [6, 6.07) is 26.1. The second kappa shape index (κ2) is 8.92. The third-order valence-electron chi connectivity index (χ3n) is 5.52. The molecule has 1 fully saturated rings. The zero-order chi connectivity index (χ0) is 23.7. The quantitative estimate of drug-likeness (QED) is 0.372. The minimum atomic E-state index is -3.37. The normalized spacial score (nSPS) is 18.0. The molecule has 4 aromatic rings. The van der Waals surface area contributed by atoms with Gasteiger partial charge in [-0.25, -0.2) is 8.42 Å². The summed E-state index contributed by atoms with van der Waals surface area (Å²) in [5.41, 5.74) is 3.11. The van der Waals surface area contributed by atoms with E-state index >= 15 is 0 Å². The molecule has 34 heavy (non-hydrogen) atoms. The first-order valence-electron chi connectivity index (χ1n) is 10.6. The molecule has 2 aromatic carbocycles. The number of anilines is 2.